The Labute approximate surface area is 94.8 Å². The molecule has 0 bridgehead atoms. The molecule has 0 saturated heterocycles. The lowest BCUT2D eigenvalue weighted by Crippen LogP contribution is -2.24. The van der Waals surface area contributed by atoms with Crippen molar-refractivity contribution in [2.75, 3.05) is 0 Å². The van der Waals surface area contributed by atoms with Crippen LogP contribution >= 0.6 is 0 Å². The van der Waals surface area contributed by atoms with E-state index in [1.165, 1.54) is 0 Å². The molecule has 0 radical (unpaired) electrons. The van der Waals surface area contributed by atoms with Gasteiger partial charge in [-0.05, 0) is 0 Å². The maximum atomic E-state index is 12.5. The van der Waals surface area contributed by atoms with Crippen LogP contribution in [-0.2, 0) is 0 Å². The van der Waals surface area contributed by atoms with Crippen LogP contribution in [0.4, 0.5) is 22.0 Å². The summed E-state index contributed by atoms with van der Waals surface area (Å²) in [5, 5.41) is 8.53. The first-order chi connectivity index (χ1) is 8.13. The van der Waals surface area contributed by atoms with Crippen molar-refractivity contribution in [3.8, 4) is 5.75 Å². The Bertz CT molecular complexity index is 521. The molecule has 1 heterocycles. The van der Waals surface area contributed by atoms with Crippen molar-refractivity contribution in [1.82, 2.24) is 4.98 Å². The molecule has 1 rings (SSSR count). The fourth-order valence-electron chi connectivity index (χ4n) is 1.16. The summed E-state index contributed by atoms with van der Waals surface area (Å²) < 4.78 is 64.0. The molecular weight excluding hydrogens is 269 g/mol. The van der Waals surface area contributed by atoms with Crippen LogP contribution in [0.3, 0.4) is 0 Å². The number of aromatic carboxylic acids is 1. The Hall–Kier alpha value is -2.13. The predicted molar refractivity (Wildman–Crippen MR) is 45.7 cm³/mol. The van der Waals surface area contributed by atoms with Gasteiger partial charge in [-0.15, -0.1) is 13.2 Å². The number of hydrogen-bond acceptors (Lipinski definition) is 3. The molecule has 0 spiro atoms. The van der Waals surface area contributed by atoms with E-state index in [0.717, 1.165) is 0 Å². The first kappa shape index (κ1) is 13.9. The summed E-state index contributed by atoms with van der Waals surface area (Å²) in [6, 6.07) is 0. The molecule has 0 aliphatic rings. The highest BCUT2D eigenvalue weighted by atomic mass is 19.4. The van der Waals surface area contributed by atoms with E-state index in [1.54, 1.807) is 4.98 Å². The molecule has 0 atom stereocenters. The number of aromatic amines is 1. The molecule has 1 aromatic rings. The lowest BCUT2D eigenvalue weighted by Gasteiger charge is -2.13. The van der Waals surface area contributed by atoms with Crippen LogP contribution in [0.5, 0.6) is 5.75 Å². The number of rotatable bonds is 3. The third-order valence-electron chi connectivity index (χ3n) is 1.75. The highest BCUT2D eigenvalue weighted by Gasteiger charge is 2.35. The van der Waals surface area contributed by atoms with Gasteiger partial charge in [0.05, 0.1) is 5.56 Å². The molecule has 1 aromatic heterocycles. The van der Waals surface area contributed by atoms with Crippen LogP contribution in [0.15, 0.2) is 11.0 Å². The number of aromatic nitrogens is 1. The number of hydrogen-bond donors (Lipinski definition) is 2. The van der Waals surface area contributed by atoms with Crippen LogP contribution in [0, 0.1) is 0 Å². The number of pyridine rings is 1. The van der Waals surface area contributed by atoms with Gasteiger partial charge < -0.3 is 14.8 Å². The lowest BCUT2D eigenvalue weighted by atomic mass is 10.1. The molecule has 100 valence electrons. The number of carboxylic acids is 1. The fourth-order valence-corrected chi connectivity index (χ4v) is 1.16. The zero-order chi connectivity index (χ0) is 14.1. The Morgan fingerprint density at radius 1 is 1.39 bits per heavy atom. The molecule has 5 nitrogen and oxygen atoms in total. The number of carboxylic acid groups (broad SMARTS) is 1. The standard InChI is InChI=1S/C8H4F5NO4/c9-5(10)3-2(18-8(11,12)13)1-14-6(15)4(3)7(16)17/h1,5H,(H,14,15)(H,16,17). The number of ether oxygens (including phenoxy) is 1. The van der Waals surface area contributed by atoms with Gasteiger partial charge in [-0.3, -0.25) is 4.79 Å². The predicted octanol–water partition coefficient (Wildman–Crippen LogP) is 1.91. The maximum absolute atomic E-state index is 12.5. The summed E-state index contributed by atoms with van der Waals surface area (Å²) >= 11 is 0. The normalized spacial score (nSPS) is 11.7. The molecule has 0 aromatic carbocycles. The Morgan fingerprint density at radius 2 is 1.94 bits per heavy atom. The summed E-state index contributed by atoms with van der Waals surface area (Å²) in [4.78, 5) is 23.1. The van der Waals surface area contributed by atoms with Gasteiger partial charge >= 0.3 is 12.3 Å². The third-order valence-corrected chi connectivity index (χ3v) is 1.75. The first-order valence-corrected chi connectivity index (χ1v) is 4.16. The second-order valence-corrected chi connectivity index (χ2v) is 2.92. The van der Waals surface area contributed by atoms with E-state index < -0.39 is 41.2 Å². The highest BCUT2D eigenvalue weighted by molar-refractivity contribution is 5.89. The summed E-state index contributed by atoms with van der Waals surface area (Å²) in [7, 11) is 0. The summed E-state index contributed by atoms with van der Waals surface area (Å²) in [6.07, 6.45) is -8.68. The average molecular weight is 273 g/mol. The van der Waals surface area contributed by atoms with E-state index in [0.29, 0.717) is 0 Å². The van der Waals surface area contributed by atoms with E-state index in [-0.39, 0.29) is 6.20 Å². The zero-order valence-electron chi connectivity index (χ0n) is 8.22. The zero-order valence-corrected chi connectivity index (χ0v) is 8.22. The van der Waals surface area contributed by atoms with Gasteiger partial charge in [-0.2, -0.15) is 0 Å². The minimum Gasteiger partial charge on any atom is -0.477 e. The molecule has 0 unspecified atom stereocenters. The van der Waals surface area contributed by atoms with Gasteiger partial charge in [-0.25, -0.2) is 13.6 Å². The third kappa shape index (κ3) is 2.96. The van der Waals surface area contributed by atoms with Gasteiger partial charge in [-0.1, -0.05) is 0 Å². The molecule has 0 fully saturated rings. The quantitative estimate of drug-likeness (QED) is 0.824. The van der Waals surface area contributed by atoms with Gasteiger partial charge in [0.2, 0.25) is 0 Å². The van der Waals surface area contributed by atoms with Gasteiger partial charge in [0.1, 0.15) is 5.56 Å². The van der Waals surface area contributed by atoms with Crippen molar-refractivity contribution >= 4 is 5.97 Å². The highest BCUT2D eigenvalue weighted by Crippen LogP contribution is 2.33. The summed E-state index contributed by atoms with van der Waals surface area (Å²) in [5.74, 6) is -3.55. The second-order valence-electron chi connectivity index (χ2n) is 2.92. The molecule has 0 aliphatic heterocycles. The molecule has 10 heteroatoms. The average Bonchev–Trinajstić information content (AvgIpc) is 2.17. The van der Waals surface area contributed by atoms with Gasteiger partial charge in [0.15, 0.2) is 5.75 Å². The van der Waals surface area contributed by atoms with Crippen LogP contribution < -0.4 is 10.3 Å². The monoisotopic (exact) mass is 273 g/mol. The molecule has 18 heavy (non-hydrogen) atoms. The van der Waals surface area contributed by atoms with Crippen molar-refractivity contribution in [2.45, 2.75) is 12.8 Å². The van der Waals surface area contributed by atoms with E-state index in [1.807, 2.05) is 0 Å². The number of carbonyl (C=O) groups is 1. The van der Waals surface area contributed by atoms with Crippen molar-refractivity contribution in [2.24, 2.45) is 0 Å². The van der Waals surface area contributed by atoms with E-state index >= 15 is 0 Å². The van der Waals surface area contributed by atoms with Gasteiger partial charge in [0, 0.05) is 6.20 Å². The van der Waals surface area contributed by atoms with E-state index in [9.17, 15) is 31.5 Å². The minimum atomic E-state index is -5.29. The van der Waals surface area contributed by atoms with Crippen molar-refractivity contribution in [3.63, 3.8) is 0 Å². The summed E-state index contributed by atoms with van der Waals surface area (Å²) in [5.41, 5.74) is -4.57. The number of halogens is 5. The topological polar surface area (TPSA) is 79.4 Å². The van der Waals surface area contributed by atoms with Gasteiger partial charge in [0.25, 0.3) is 12.0 Å². The lowest BCUT2D eigenvalue weighted by molar-refractivity contribution is -0.275. The maximum Gasteiger partial charge on any atom is 0.573 e. The smallest absolute Gasteiger partial charge is 0.477 e. The number of H-pyrrole nitrogens is 1. The van der Waals surface area contributed by atoms with Crippen LogP contribution in [0.1, 0.15) is 22.3 Å². The Morgan fingerprint density at radius 3 is 2.33 bits per heavy atom. The van der Waals surface area contributed by atoms with Crippen molar-refractivity contribution < 1.29 is 36.6 Å². The Balaban J connectivity index is 3.49. The van der Waals surface area contributed by atoms with Crippen LogP contribution in [0.25, 0.3) is 0 Å². The first-order valence-electron chi connectivity index (χ1n) is 4.16. The largest absolute Gasteiger partial charge is 0.573 e. The number of nitrogens with one attached hydrogen (secondary N) is 1. The van der Waals surface area contributed by atoms with E-state index in [2.05, 4.69) is 4.74 Å². The SMILES string of the molecule is O=C(O)c1c(C(F)F)c(OC(F)(F)F)c[nH]c1=O. The minimum absolute atomic E-state index is 0.226. The number of alkyl halides is 5. The summed E-state index contributed by atoms with van der Waals surface area (Å²) in [6.45, 7) is 0. The molecule has 0 amide bonds. The molecular formula is C8H4F5NO4. The van der Waals surface area contributed by atoms with E-state index in [4.69, 9.17) is 5.11 Å². The molecule has 0 saturated carbocycles. The molecule has 2 N–H and O–H groups in total. The van der Waals surface area contributed by atoms with Crippen molar-refractivity contribution in [3.05, 3.63) is 27.7 Å². The fraction of sp³-hybridized carbons (Fsp3) is 0.250. The van der Waals surface area contributed by atoms with Crippen molar-refractivity contribution in [1.29, 1.82) is 0 Å². The van der Waals surface area contributed by atoms with Crippen LogP contribution in [0.2, 0.25) is 0 Å². The second kappa shape index (κ2) is 4.63. The van der Waals surface area contributed by atoms with Crippen LogP contribution in [-0.4, -0.2) is 22.4 Å². The Kier molecular flexibility index (Phi) is 3.58. The molecule has 0 aliphatic carbocycles.